The minimum absolute atomic E-state index is 0.103. The Balaban J connectivity index is 2.25. The van der Waals surface area contributed by atoms with Crippen molar-refractivity contribution in [3.8, 4) is 6.07 Å². The summed E-state index contributed by atoms with van der Waals surface area (Å²) >= 11 is 0. The summed E-state index contributed by atoms with van der Waals surface area (Å²) in [5.41, 5.74) is 1.04. The van der Waals surface area contributed by atoms with E-state index in [1.54, 1.807) is 37.3 Å². The molecule has 0 aromatic heterocycles. The van der Waals surface area contributed by atoms with Crippen LogP contribution in [0, 0.1) is 17.2 Å². The highest BCUT2D eigenvalue weighted by Gasteiger charge is 2.46. The summed E-state index contributed by atoms with van der Waals surface area (Å²) in [5, 5.41) is 8.95. The van der Waals surface area contributed by atoms with Gasteiger partial charge < -0.3 is 18.9 Å². The molecule has 0 spiro atoms. The number of ether oxygens (including phenoxy) is 4. The maximum Gasteiger partial charge on any atom is 0.508 e. The van der Waals surface area contributed by atoms with Gasteiger partial charge in [-0.25, -0.2) is 4.79 Å². The monoisotopic (exact) mass is 387 g/mol. The molecule has 1 aliphatic heterocycles. The zero-order valence-corrected chi connectivity index (χ0v) is 15.8. The topological polar surface area (TPSA) is 112 Å². The molecule has 0 N–H and O–H groups in total. The van der Waals surface area contributed by atoms with Crippen LogP contribution in [0.5, 0.6) is 0 Å². The van der Waals surface area contributed by atoms with Crippen molar-refractivity contribution in [3.63, 3.8) is 0 Å². The molecule has 1 unspecified atom stereocenters. The number of esters is 2. The van der Waals surface area contributed by atoms with E-state index in [0.29, 0.717) is 11.1 Å². The van der Waals surface area contributed by atoms with Crippen LogP contribution in [0.25, 0.3) is 0 Å². The third kappa shape index (κ3) is 5.33. The number of hydrogen-bond donors (Lipinski definition) is 0. The lowest BCUT2D eigenvalue weighted by atomic mass is 9.84. The quantitative estimate of drug-likeness (QED) is 0.416. The number of carbonyl (C=O) groups is 3. The largest absolute Gasteiger partial charge is 0.508 e. The summed E-state index contributed by atoms with van der Waals surface area (Å²) in [6.45, 7) is 4.68. The van der Waals surface area contributed by atoms with Crippen LogP contribution in [0.3, 0.4) is 0 Å². The second kappa shape index (κ2) is 9.04. The fourth-order valence-corrected chi connectivity index (χ4v) is 2.69. The first-order chi connectivity index (χ1) is 13.3. The van der Waals surface area contributed by atoms with Gasteiger partial charge in [-0.3, -0.25) is 9.59 Å². The van der Waals surface area contributed by atoms with Gasteiger partial charge in [0.25, 0.3) is 5.79 Å². The molecule has 28 heavy (non-hydrogen) atoms. The third-order valence-corrected chi connectivity index (χ3v) is 3.89. The van der Waals surface area contributed by atoms with E-state index in [1.807, 2.05) is 6.07 Å². The lowest BCUT2D eigenvalue weighted by molar-refractivity contribution is -0.240. The van der Waals surface area contributed by atoms with Gasteiger partial charge in [-0.15, -0.1) is 0 Å². The minimum Gasteiger partial charge on any atom is -0.435 e. The molecule has 2 rings (SSSR count). The van der Waals surface area contributed by atoms with Gasteiger partial charge >= 0.3 is 18.1 Å². The molecular formula is C20H21NO7. The van der Waals surface area contributed by atoms with Gasteiger partial charge in [-0.2, -0.15) is 5.26 Å². The van der Waals surface area contributed by atoms with E-state index in [1.165, 1.54) is 19.9 Å². The van der Waals surface area contributed by atoms with E-state index < -0.39 is 35.7 Å². The molecule has 1 aromatic rings. The SMILES string of the molecule is CCOC(=O)OC/C=C/C(c1ccc(C#N)cc1)C1C(=O)OC(C)(C)OC1=O. The summed E-state index contributed by atoms with van der Waals surface area (Å²) in [6.07, 6.45) is 2.24. The normalized spacial score (nSPS) is 17.4. The number of nitriles is 1. The van der Waals surface area contributed by atoms with E-state index in [-0.39, 0.29) is 13.2 Å². The minimum atomic E-state index is -1.34. The van der Waals surface area contributed by atoms with Gasteiger partial charge in [0, 0.05) is 19.8 Å². The fourth-order valence-electron chi connectivity index (χ4n) is 2.69. The van der Waals surface area contributed by atoms with Crippen molar-refractivity contribution < 1.29 is 33.3 Å². The van der Waals surface area contributed by atoms with Crippen LogP contribution in [0.2, 0.25) is 0 Å². The predicted molar refractivity (Wildman–Crippen MR) is 95.8 cm³/mol. The van der Waals surface area contributed by atoms with Crippen LogP contribution >= 0.6 is 0 Å². The Kier molecular flexibility index (Phi) is 6.77. The number of nitrogens with zero attached hydrogens (tertiary/aromatic N) is 1. The first kappa shape index (κ1) is 21.0. The second-order valence-corrected chi connectivity index (χ2v) is 6.40. The molecule has 8 heteroatoms. The van der Waals surface area contributed by atoms with E-state index in [2.05, 4.69) is 4.74 Å². The summed E-state index contributed by atoms with van der Waals surface area (Å²) in [6, 6.07) is 8.44. The zero-order chi connectivity index (χ0) is 20.7. The number of allylic oxidation sites excluding steroid dienone is 1. The van der Waals surface area contributed by atoms with Crippen molar-refractivity contribution in [2.24, 2.45) is 5.92 Å². The van der Waals surface area contributed by atoms with Gasteiger partial charge in [0.2, 0.25) is 0 Å². The van der Waals surface area contributed by atoms with Crippen LogP contribution in [0.4, 0.5) is 4.79 Å². The van der Waals surface area contributed by atoms with Crippen molar-refractivity contribution in [2.75, 3.05) is 13.2 Å². The van der Waals surface area contributed by atoms with Gasteiger partial charge in [-0.1, -0.05) is 24.3 Å². The fraction of sp³-hybridized carbons (Fsp3) is 0.400. The molecule has 8 nitrogen and oxygen atoms in total. The standard InChI is InChI=1S/C20H21NO7/c1-4-25-19(24)26-11-5-6-15(14-9-7-13(12-21)8-10-14)16-17(22)27-20(2,3)28-18(16)23/h5-10,15-16H,4,11H2,1-3H3/b6-5+. The zero-order valence-electron chi connectivity index (χ0n) is 15.8. The Hall–Kier alpha value is -3.34. The van der Waals surface area contributed by atoms with Crippen molar-refractivity contribution in [1.82, 2.24) is 0 Å². The maximum atomic E-state index is 12.5. The number of carbonyl (C=O) groups excluding carboxylic acids is 3. The van der Waals surface area contributed by atoms with E-state index >= 15 is 0 Å². The molecular weight excluding hydrogens is 366 g/mol. The molecule has 0 radical (unpaired) electrons. The van der Waals surface area contributed by atoms with Crippen LogP contribution < -0.4 is 0 Å². The van der Waals surface area contributed by atoms with E-state index in [9.17, 15) is 14.4 Å². The Morgan fingerprint density at radius 1 is 1.21 bits per heavy atom. The lowest BCUT2D eigenvalue weighted by Gasteiger charge is -2.35. The summed E-state index contributed by atoms with van der Waals surface area (Å²) in [4.78, 5) is 36.2. The van der Waals surface area contributed by atoms with Crippen LogP contribution in [-0.4, -0.2) is 37.1 Å². The van der Waals surface area contributed by atoms with Crippen molar-refractivity contribution >= 4 is 18.1 Å². The van der Waals surface area contributed by atoms with Crippen molar-refractivity contribution in [1.29, 1.82) is 5.26 Å². The predicted octanol–water partition coefficient (Wildman–Crippen LogP) is 2.82. The summed E-state index contributed by atoms with van der Waals surface area (Å²) in [7, 11) is 0. The van der Waals surface area contributed by atoms with Crippen LogP contribution in [-0.2, 0) is 28.5 Å². The van der Waals surface area contributed by atoms with Crippen molar-refractivity contribution in [3.05, 3.63) is 47.5 Å². The highest BCUT2D eigenvalue weighted by Crippen LogP contribution is 2.34. The smallest absolute Gasteiger partial charge is 0.435 e. The highest BCUT2D eigenvalue weighted by molar-refractivity contribution is 5.98. The van der Waals surface area contributed by atoms with Crippen LogP contribution in [0.1, 0.15) is 37.8 Å². The Bertz CT molecular complexity index is 785. The van der Waals surface area contributed by atoms with E-state index in [0.717, 1.165) is 0 Å². The number of hydrogen-bond acceptors (Lipinski definition) is 8. The van der Waals surface area contributed by atoms with E-state index in [4.69, 9.17) is 19.5 Å². The first-order valence-electron chi connectivity index (χ1n) is 8.69. The molecule has 1 saturated heterocycles. The Labute approximate surface area is 162 Å². The summed E-state index contributed by atoms with van der Waals surface area (Å²) in [5.74, 6) is -4.72. The third-order valence-electron chi connectivity index (χ3n) is 3.89. The number of cyclic esters (lactones) is 2. The highest BCUT2D eigenvalue weighted by atomic mass is 16.7. The maximum absolute atomic E-state index is 12.5. The molecule has 0 aliphatic carbocycles. The first-order valence-corrected chi connectivity index (χ1v) is 8.69. The van der Waals surface area contributed by atoms with Gasteiger partial charge in [0.15, 0.2) is 5.92 Å². The average molecular weight is 387 g/mol. The Morgan fingerprint density at radius 3 is 2.36 bits per heavy atom. The Morgan fingerprint density at radius 2 is 1.82 bits per heavy atom. The molecule has 0 amide bonds. The second-order valence-electron chi connectivity index (χ2n) is 6.40. The van der Waals surface area contributed by atoms with Crippen molar-refractivity contribution in [2.45, 2.75) is 32.5 Å². The molecule has 1 aliphatic rings. The summed E-state index contributed by atoms with van der Waals surface area (Å²) < 4.78 is 19.9. The van der Waals surface area contributed by atoms with Gasteiger partial charge in [0.05, 0.1) is 18.2 Å². The van der Waals surface area contributed by atoms with Gasteiger partial charge in [0.1, 0.15) is 6.61 Å². The molecule has 148 valence electrons. The molecule has 1 atom stereocenters. The average Bonchev–Trinajstić information content (AvgIpc) is 2.62. The number of benzene rings is 1. The number of rotatable bonds is 6. The lowest BCUT2D eigenvalue weighted by Crippen LogP contribution is -2.48. The molecule has 1 fully saturated rings. The van der Waals surface area contributed by atoms with Gasteiger partial charge in [-0.05, 0) is 24.6 Å². The van der Waals surface area contributed by atoms with Crippen LogP contribution in [0.15, 0.2) is 36.4 Å². The molecule has 0 saturated carbocycles. The molecule has 0 bridgehead atoms. The molecule has 1 heterocycles. The molecule has 1 aromatic carbocycles.